The van der Waals surface area contributed by atoms with Gasteiger partial charge in [-0.15, -0.1) is 0 Å². The van der Waals surface area contributed by atoms with E-state index in [2.05, 4.69) is 4.98 Å². The summed E-state index contributed by atoms with van der Waals surface area (Å²) in [5, 5.41) is 12.1. The highest BCUT2D eigenvalue weighted by atomic mass is 35.5. The summed E-state index contributed by atoms with van der Waals surface area (Å²) in [5.74, 6) is -1.50. The molecule has 0 spiro atoms. The van der Waals surface area contributed by atoms with E-state index < -0.39 is 47.0 Å². The number of piperidine rings is 1. The topological polar surface area (TPSA) is 87.5 Å². The van der Waals surface area contributed by atoms with Crippen LogP contribution in [0.2, 0.25) is 5.02 Å². The number of pyridine rings is 2. The van der Waals surface area contributed by atoms with Gasteiger partial charge >= 0.3 is 6.18 Å². The lowest BCUT2D eigenvalue weighted by Gasteiger charge is -2.22. The van der Waals surface area contributed by atoms with E-state index in [1.54, 1.807) is 0 Å². The summed E-state index contributed by atoms with van der Waals surface area (Å²) in [6.45, 7) is 2.15. The molecule has 0 bridgehead atoms. The monoisotopic (exact) mass is 524 g/mol. The molecule has 2 N–H and O–H groups in total. The third kappa shape index (κ3) is 4.09. The minimum Gasteiger partial charge on any atom is -0.388 e. The number of hydrogen-bond donors (Lipinski definition) is 2. The Morgan fingerprint density at radius 2 is 2.08 bits per heavy atom. The van der Waals surface area contributed by atoms with Gasteiger partial charge in [-0.2, -0.15) is 13.2 Å². The lowest BCUT2D eigenvalue weighted by atomic mass is 10.1. The first-order valence-corrected chi connectivity index (χ1v) is 11.7. The van der Waals surface area contributed by atoms with Crippen LogP contribution < -0.4 is 15.6 Å². The molecule has 3 atom stereocenters. The summed E-state index contributed by atoms with van der Waals surface area (Å²) in [6, 6.07) is 4.63. The van der Waals surface area contributed by atoms with Crippen LogP contribution >= 0.6 is 11.6 Å². The number of fused-ring (bicyclic) bond motifs is 2. The Kier molecular flexibility index (Phi) is 5.75. The maximum absolute atomic E-state index is 14.9. The standard InChI is InChI=1S/C24H21ClF4N4O3/c1-2-17(24(27,28)29)30-22(35)14-10-33(19-15(25)4-3-5-16(19)26)21-13(20(14)34)6-7-18(31-21)32-9-12-8-23(12,36)11-32/h3-7,10,12,17,36H,2,8-9,11H2,1H3,(H,30,35). The average Bonchev–Trinajstić information content (AvgIpc) is 3.33. The third-order valence-corrected chi connectivity index (χ3v) is 7.10. The van der Waals surface area contributed by atoms with Crippen LogP contribution in [0.1, 0.15) is 30.1 Å². The molecule has 3 unspecified atom stereocenters. The molecule has 12 heteroatoms. The lowest BCUT2D eigenvalue weighted by molar-refractivity contribution is -0.153. The van der Waals surface area contributed by atoms with Crippen molar-refractivity contribution in [3.8, 4) is 5.69 Å². The Morgan fingerprint density at radius 3 is 2.69 bits per heavy atom. The number of carbonyl (C=O) groups is 1. The van der Waals surface area contributed by atoms with Crippen LogP contribution in [0.5, 0.6) is 0 Å². The zero-order valence-electron chi connectivity index (χ0n) is 18.9. The number of rotatable bonds is 5. The number of amides is 1. The number of aromatic nitrogens is 2. The Bertz CT molecular complexity index is 1420. The first-order valence-electron chi connectivity index (χ1n) is 11.3. The zero-order valence-corrected chi connectivity index (χ0v) is 19.7. The molecule has 1 saturated carbocycles. The number of para-hydroxylation sites is 1. The Labute approximate surface area is 207 Å². The minimum absolute atomic E-state index is 0.0310. The molecular weight excluding hydrogens is 504 g/mol. The zero-order chi connectivity index (χ0) is 26.0. The SMILES string of the molecule is CCC(NC(=O)c1cn(-c2c(F)cccc2Cl)c2nc(N3CC4CC4(O)C3)ccc2c1=O)C(F)(F)F. The number of benzene rings is 1. The van der Waals surface area contributed by atoms with Gasteiger partial charge in [0.15, 0.2) is 5.65 Å². The second-order valence-corrected chi connectivity index (χ2v) is 9.62. The Hall–Kier alpha value is -3.18. The van der Waals surface area contributed by atoms with Crippen LogP contribution in [-0.4, -0.2) is 51.5 Å². The number of aliphatic hydroxyl groups is 1. The molecule has 3 aromatic rings. The summed E-state index contributed by atoms with van der Waals surface area (Å²) < 4.78 is 55.8. The van der Waals surface area contributed by atoms with Crippen LogP contribution in [0, 0.1) is 11.7 Å². The van der Waals surface area contributed by atoms with Crippen LogP contribution in [0.25, 0.3) is 16.7 Å². The van der Waals surface area contributed by atoms with Gasteiger partial charge in [0.1, 0.15) is 28.9 Å². The van der Waals surface area contributed by atoms with Gasteiger partial charge in [-0.05, 0) is 37.1 Å². The van der Waals surface area contributed by atoms with Gasteiger partial charge < -0.3 is 15.3 Å². The fraction of sp³-hybridized carbons (Fsp3) is 0.375. The van der Waals surface area contributed by atoms with Crippen LogP contribution in [-0.2, 0) is 0 Å². The maximum Gasteiger partial charge on any atom is 0.408 e. The minimum atomic E-state index is -4.72. The molecule has 5 rings (SSSR count). The van der Waals surface area contributed by atoms with E-state index in [0.717, 1.165) is 16.8 Å². The van der Waals surface area contributed by atoms with Gasteiger partial charge in [-0.25, -0.2) is 9.37 Å². The fourth-order valence-electron chi connectivity index (χ4n) is 4.70. The van der Waals surface area contributed by atoms with Gasteiger partial charge in [0.05, 0.1) is 16.0 Å². The highest BCUT2D eigenvalue weighted by Gasteiger charge is 2.59. The number of halogens is 5. The third-order valence-electron chi connectivity index (χ3n) is 6.80. The fourth-order valence-corrected chi connectivity index (χ4v) is 4.96. The van der Waals surface area contributed by atoms with Gasteiger partial charge in [0.25, 0.3) is 5.91 Å². The van der Waals surface area contributed by atoms with Crippen LogP contribution in [0.4, 0.5) is 23.4 Å². The van der Waals surface area contributed by atoms with Crippen molar-refractivity contribution in [1.82, 2.24) is 14.9 Å². The molecule has 1 aliphatic heterocycles. The van der Waals surface area contributed by atoms with Gasteiger partial charge in [0, 0.05) is 25.2 Å². The smallest absolute Gasteiger partial charge is 0.388 e. The second-order valence-electron chi connectivity index (χ2n) is 9.21. The van der Waals surface area contributed by atoms with Crippen molar-refractivity contribution in [3.63, 3.8) is 0 Å². The highest BCUT2D eigenvalue weighted by Crippen LogP contribution is 2.50. The number of nitrogens with one attached hydrogen (secondary N) is 1. The largest absolute Gasteiger partial charge is 0.408 e. The molecule has 7 nitrogen and oxygen atoms in total. The molecule has 36 heavy (non-hydrogen) atoms. The summed E-state index contributed by atoms with van der Waals surface area (Å²) in [7, 11) is 0. The molecule has 1 aliphatic carbocycles. The molecule has 1 aromatic carbocycles. The Morgan fingerprint density at radius 1 is 1.33 bits per heavy atom. The van der Waals surface area contributed by atoms with Crippen molar-refractivity contribution >= 4 is 34.4 Å². The number of nitrogens with zero attached hydrogens (tertiary/aromatic N) is 3. The molecular formula is C24H21ClF4N4O3. The van der Waals surface area contributed by atoms with E-state index in [0.29, 0.717) is 25.3 Å². The summed E-state index contributed by atoms with van der Waals surface area (Å²) >= 11 is 6.25. The number of carbonyl (C=O) groups excluding carboxylic acids is 1. The van der Waals surface area contributed by atoms with Crippen molar-refractivity contribution in [3.05, 3.63) is 63.2 Å². The predicted octanol–water partition coefficient (Wildman–Crippen LogP) is 3.82. The highest BCUT2D eigenvalue weighted by molar-refractivity contribution is 6.32. The van der Waals surface area contributed by atoms with Gasteiger partial charge in [0.2, 0.25) is 5.43 Å². The summed E-state index contributed by atoms with van der Waals surface area (Å²) in [5.41, 5.74) is -2.49. The van der Waals surface area contributed by atoms with Gasteiger partial charge in [-0.1, -0.05) is 24.6 Å². The van der Waals surface area contributed by atoms with E-state index in [1.165, 1.54) is 31.2 Å². The van der Waals surface area contributed by atoms with Crippen molar-refractivity contribution in [2.45, 2.75) is 37.6 Å². The predicted molar refractivity (Wildman–Crippen MR) is 125 cm³/mol. The number of anilines is 1. The first kappa shape index (κ1) is 24.5. The van der Waals surface area contributed by atoms with Crippen molar-refractivity contribution in [1.29, 1.82) is 0 Å². The normalized spacial score (nSPS) is 22.0. The number of hydrogen-bond acceptors (Lipinski definition) is 5. The number of alkyl halides is 3. The van der Waals surface area contributed by atoms with E-state index in [9.17, 15) is 32.3 Å². The quantitative estimate of drug-likeness (QED) is 0.496. The van der Waals surface area contributed by atoms with E-state index >= 15 is 0 Å². The molecule has 190 valence electrons. The molecule has 0 radical (unpaired) electrons. The van der Waals surface area contributed by atoms with Crippen LogP contribution in [0.3, 0.4) is 0 Å². The van der Waals surface area contributed by atoms with E-state index in [-0.39, 0.29) is 27.7 Å². The average molecular weight is 525 g/mol. The molecule has 2 aliphatic rings. The molecule has 3 heterocycles. The summed E-state index contributed by atoms with van der Waals surface area (Å²) in [4.78, 5) is 32.4. The second kappa shape index (κ2) is 8.45. The van der Waals surface area contributed by atoms with E-state index in [4.69, 9.17) is 11.6 Å². The molecule has 2 fully saturated rings. The molecule has 1 saturated heterocycles. The van der Waals surface area contributed by atoms with Crippen LogP contribution in [0.15, 0.2) is 41.3 Å². The summed E-state index contributed by atoms with van der Waals surface area (Å²) in [6.07, 6.45) is -3.50. The first-order chi connectivity index (χ1) is 16.9. The lowest BCUT2D eigenvalue weighted by Crippen LogP contribution is -2.46. The molecule has 1 amide bonds. The van der Waals surface area contributed by atoms with E-state index in [1.807, 2.05) is 10.2 Å². The Balaban J connectivity index is 1.67. The van der Waals surface area contributed by atoms with Crippen molar-refractivity contribution < 1.29 is 27.5 Å². The molecule has 2 aromatic heterocycles. The maximum atomic E-state index is 14.9. The van der Waals surface area contributed by atoms with Crippen molar-refractivity contribution in [2.24, 2.45) is 5.92 Å². The van der Waals surface area contributed by atoms with Crippen molar-refractivity contribution in [2.75, 3.05) is 18.0 Å². The number of β-amino-alcohol motifs (C(OH)–C–C–N with tert-alkyl or cyclic N) is 1. The van der Waals surface area contributed by atoms with Gasteiger partial charge in [-0.3, -0.25) is 14.2 Å².